The van der Waals surface area contributed by atoms with E-state index >= 15 is 0 Å². The van der Waals surface area contributed by atoms with Crippen LogP contribution < -0.4 is 11.3 Å². The Morgan fingerprint density at radius 3 is 2.26 bits per heavy atom. The molecule has 2 aromatic rings. The first kappa shape index (κ1) is 15.9. The predicted molar refractivity (Wildman–Crippen MR) is 73.0 cm³/mol. The molecule has 23 heavy (non-hydrogen) atoms. The molecule has 0 saturated carbocycles. The van der Waals surface area contributed by atoms with Crippen molar-refractivity contribution < 1.29 is 18.3 Å². The molecule has 0 atom stereocenters. The molecule has 0 fully saturated rings. The lowest BCUT2D eigenvalue weighted by Gasteiger charge is -2.12. The number of aromatic amines is 1. The quantitative estimate of drug-likeness (QED) is 0.741. The molecule has 0 spiro atoms. The third-order valence-corrected chi connectivity index (χ3v) is 3.00. The van der Waals surface area contributed by atoms with Crippen LogP contribution in [0.15, 0.2) is 23.0 Å². The summed E-state index contributed by atoms with van der Waals surface area (Å²) < 4.78 is 38.6. The van der Waals surface area contributed by atoms with Gasteiger partial charge in [-0.2, -0.15) is 23.7 Å². The van der Waals surface area contributed by atoms with E-state index in [4.69, 9.17) is 16.3 Å². The summed E-state index contributed by atoms with van der Waals surface area (Å²) in [5.41, 5.74) is 1.72. The molecular weight excluding hydrogens is 313 g/mol. The van der Waals surface area contributed by atoms with Gasteiger partial charge in [0, 0.05) is 5.56 Å². The largest absolute Gasteiger partial charge is 0.508 e. The normalized spacial score (nSPS) is 10.8. The van der Waals surface area contributed by atoms with Crippen LogP contribution in [-0.4, -0.2) is 10.1 Å². The van der Waals surface area contributed by atoms with Crippen LogP contribution in [0.2, 0.25) is 0 Å². The molecule has 0 aliphatic heterocycles. The number of aromatic nitrogens is 1. The number of rotatable bonds is 1. The summed E-state index contributed by atoms with van der Waals surface area (Å²) >= 11 is 0. The monoisotopic (exact) mass is 320 g/mol. The lowest BCUT2D eigenvalue weighted by molar-refractivity contribution is -0.137. The standard InChI is InChI=1S/C14H7F3N4O2/c15-14(16,17)7-1-6(2-8(22)3-7)11-9(4-18)12(20)21-13(23)10(11)5-19/h1-3,22H,(H3,20,21,23). The summed E-state index contributed by atoms with van der Waals surface area (Å²) in [5, 5.41) is 27.7. The third-order valence-electron chi connectivity index (χ3n) is 3.00. The number of nitrogens with one attached hydrogen (secondary N) is 1. The summed E-state index contributed by atoms with van der Waals surface area (Å²) in [7, 11) is 0. The van der Waals surface area contributed by atoms with Gasteiger partial charge in [-0.3, -0.25) is 4.79 Å². The second-order valence-electron chi connectivity index (χ2n) is 4.48. The Hall–Kier alpha value is -3.46. The number of hydrogen-bond acceptors (Lipinski definition) is 5. The van der Waals surface area contributed by atoms with Gasteiger partial charge in [0.2, 0.25) is 0 Å². The SMILES string of the molecule is N#Cc1c(N)[nH]c(=O)c(C#N)c1-c1cc(O)cc(C(F)(F)F)c1. The van der Waals surface area contributed by atoms with Gasteiger partial charge in [-0.05, 0) is 23.8 Å². The van der Waals surface area contributed by atoms with Crippen molar-refractivity contribution in [3.63, 3.8) is 0 Å². The molecular formula is C14H7F3N4O2. The highest BCUT2D eigenvalue weighted by Crippen LogP contribution is 2.37. The Labute approximate surface area is 126 Å². The number of nitrogen functional groups attached to an aromatic ring is 1. The van der Waals surface area contributed by atoms with Crippen LogP contribution in [0.25, 0.3) is 11.1 Å². The van der Waals surface area contributed by atoms with Crippen LogP contribution in [0.1, 0.15) is 16.7 Å². The fraction of sp³-hybridized carbons (Fsp3) is 0.0714. The van der Waals surface area contributed by atoms with Crippen LogP contribution in [0.4, 0.5) is 19.0 Å². The topological polar surface area (TPSA) is 127 Å². The number of benzene rings is 1. The molecule has 0 unspecified atom stereocenters. The zero-order valence-electron chi connectivity index (χ0n) is 11.2. The number of aromatic hydroxyl groups is 1. The maximum Gasteiger partial charge on any atom is 0.416 e. The molecule has 0 aliphatic carbocycles. The van der Waals surface area contributed by atoms with Gasteiger partial charge in [-0.25, -0.2) is 0 Å². The fourth-order valence-electron chi connectivity index (χ4n) is 2.05. The number of pyridine rings is 1. The van der Waals surface area contributed by atoms with Gasteiger partial charge in [-0.15, -0.1) is 0 Å². The van der Waals surface area contributed by atoms with Crippen molar-refractivity contribution in [2.45, 2.75) is 6.18 Å². The number of alkyl halides is 3. The summed E-state index contributed by atoms with van der Waals surface area (Å²) in [6.45, 7) is 0. The zero-order valence-corrected chi connectivity index (χ0v) is 11.2. The number of nitriles is 2. The average molecular weight is 320 g/mol. The molecule has 0 amide bonds. The highest BCUT2D eigenvalue weighted by molar-refractivity contribution is 5.81. The van der Waals surface area contributed by atoms with E-state index in [1.165, 1.54) is 6.07 Å². The minimum absolute atomic E-state index is 0.316. The van der Waals surface area contributed by atoms with Crippen molar-refractivity contribution in [1.82, 2.24) is 4.98 Å². The lowest BCUT2D eigenvalue weighted by atomic mass is 9.95. The smallest absolute Gasteiger partial charge is 0.416 e. The summed E-state index contributed by atoms with van der Waals surface area (Å²) in [5.74, 6) is -1.12. The van der Waals surface area contributed by atoms with Gasteiger partial charge >= 0.3 is 6.18 Å². The van der Waals surface area contributed by atoms with Crippen molar-refractivity contribution in [3.8, 4) is 29.0 Å². The Bertz CT molecular complexity index is 933. The minimum Gasteiger partial charge on any atom is -0.508 e. The van der Waals surface area contributed by atoms with E-state index in [1.54, 1.807) is 6.07 Å². The molecule has 1 heterocycles. The van der Waals surface area contributed by atoms with Gasteiger partial charge in [-0.1, -0.05) is 0 Å². The fourth-order valence-corrected chi connectivity index (χ4v) is 2.05. The summed E-state index contributed by atoms with van der Waals surface area (Å²) in [6.07, 6.45) is -4.76. The molecule has 9 heteroatoms. The van der Waals surface area contributed by atoms with Crippen LogP contribution in [0.5, 0.6) is 5.75 Å². The van der Waals surface area contributed by atoms with Gasteiger partial charge in [0.15, 0.2) is 0 Å². The van der Waals surface area contributed by atoms with Crippen molar-refractivity contribution in [3.05, 3.63) is 45.2 Å². The van der Waals surface area contributed by atoms with E-state index in [9.17, 15) is 23.1 Å². The first-order chi connectivity index (χ1) is 10.7. The number of phenols is 1. The molecule has 0 saturated heterocycles. The first-order valence-electron chi connectivity index (χ1n) is 5.96. The average Bonchev–Trinajstić information content (AvgIpc) is 2.45. The lowest BCUT2D eigenvalue weighted by Crippen LogP contribution is -2.16. The molecule has 0 radical (unpaired) electrons. The number of anilines is 1. The van der Waals surface area contributed by atoms with Crippen molar-refractivity contribution in [1.29, 1.82) is 10.5 Å². The molecule has 6 nitrogen and oxygen atoms in total. The summed E-state index contributed by atoms with van der Waals surface area (Å²) in [6, 6.07) is 5.17. The molecule has 0 aliphatic rings. The molecule has 1 aromatic carbocycles. The van der Waals surface area contributed by atoms with Gasteiger partial charge < -0.3 is 15.8 Å². The van der Waals surface area contributed by atoms with E-state index in [0.717, 1.165) is 6.07 Å². The van der Waals surface area contributed by atoms with Crippen molar-refractivity contribution in [2.75, 3.05) is 5.73 Å². The maximum atomic E-state index is 12.9. The Morgan fingerprint density at radius 2 is 1.74 bits per heavy atom. The number of phenolic OH excluding ortho intramolecular Hbond substituents is 1. The molecule has 4 N–H and O–H groups in total. The van der Waals surface area contributed by atoms with Crippen LogP contribution in [0, 0.1) is 22.7 Å². The highest BCUT2D eigenvalue weighted by Gasteiger charge is 2.32. The second-order valence-corrected chi connectivity index (χ2v) is 4.48. The second kappa shape index (κ2) is 5.39. The summed E-state index contributed by atoms with van der Waals surface area (Å²) in [4.78, 5) is 13.8. The van der Waals surface area contributed by atoms with Crippen LogP contribution in [-0.2, 0) is 6.18 Å². The van der Waals surface area contributed by atoms with E-state index in [1.807, 2.05) is 0 Å². The van der Waals surface area contributed by atoms with E-state index in [0.29, 0.717) is 12.1 Å². The van der Waals surface area contributed by atoms with E-state index < -0.39 is 28.6 Å². The number of nitrogens with two attached hydrogens (primary N) is 1. The number of H-pyrrole nitrogens is 1. The zero-order chi connectivity index (χ0) is 17.4. The third kappa shape index (κ3) is 2.80. The number of hydrogen-bond donors (Lipinski definition) is 3. The van der Waals surface area contributed by atoms with Gasteiger partial charge in [0.1, 0.15) is 34.8 Å². The molecule has 2 rings (SSSR count). The van der Waals surface area contributed by atoms with Crippen LogP contribution >= 0.6 is 0 Å². The van der Waals surface area contributed by atoms with Crippen LogP contribution in [0.3, 0.4) is 0 Å². The van der Waals surface area contributed by atoms with Crippen molar-refractivity contribution in [2.24, 2.45) is 0 Å². The minimum atomic E-state index is -4.76. The molecule has 116 valence electrons. The first-order valence-corrected chi connectivity index (χ1v) is 5.96. The Morgan fingerprint density at radius 1 is 1.13 bits per heavy atom. The van der Waals surface area contributed by atoms with E-state index in [-0.39, 0.29) is 22.5 Å². The Kier molecular flexibility index (Phi) is 3.73. The molecule has 1 aromatic heterocycles. The van der Waals surface area contributed by atoms with Gasteiger partial charge in [0.25, 0.3) is 5.56 Å². The highest BCUT2D eigenvalue weighted by atomic mass is 19.4. The van der Waals surface area contributed by atoms with E-state index in [2.05, 4.69) is 4.98 Å². The van der Waals surface area contributed by atoms with Crippen molar-refractivity contribution >= 4 is 5.82 Å². The molecule has 0 bridgehead atoms. The predicted octanol–water partition coefficient (Wildman–Crippen LogP) is 2.09. The maximum absolute atomic E-state index is 12.9. The van der Waals surface area contributed by atoms with Gasteiger partial charge in [0.05, 0.1) is 5.56 Å². The number of halogens is 3. The number of nitrogens with zero attached hydrogens (tertiary/aromatic N) is 2. The Balaban J connectivity index is 2.94.